The highest BCUT2D eigenvalue weighted by molar-refractivity contribution is 5.94. The Balaban J connectivity index is 1.88. The van der Waals surface area contributed by atoms with Crippen LogP contribution in [-0.2, 0) is 0 Å². The van der Waals surface area contributed by atoms with E-state index in [1.807, 2.05) is 0 Å². The number of nitrogens with one attached hydrogen (secondary N) is 2. The van der Waals surface area contributed by atoms with Crippen molar-refractivity contribution in [3.05, 3.63) is 35.1 Å². The Bertz CT molecular complexity index is 428. The molecule has 0 radical (unpaired) electrons. The van der Waals surface area contributed by atoms with Crippen LogP contribution in [0, 0.1) is 18.7 Å². The van der Waals surface area contributed by atoms with E-state index in [1.54, 1.807) is 13.0 Å². The molecule has 2 N–H and O–H groups in total. The minimum atomic E-state index is -0.273. The highest BCUT2D eigenvalue weighted by Crippen LogP contribution is 2.12. The van der Waals surface area contributed by atoms with Crippen molar-refractivity contribution in [1.29, 1.82) is 0 Å². The third kappa shape index (κ3) is 3.29. The van der Waals surface area contributed by atoms with Crippen molar-refractivity contribution in [2.75, 3.05) is 19.6 Å². The van der Waals surface area contributed by atoms with Crippen LogP contribution < -0.4 is 10.6 Å². The summed E-state index contributed by atoms with van der Waals surface area (Å²) in [5.41, 5.74) is 1.03. The summed E-state index contributed by atoms with van der Waals surface area (Å²) in [6.07, 6.45) is 2.20. The van der Waals surface area contributed by atoms with E-state index in [0.29, 0.717) is 23.6 Å². The molecule has 0 unspecified atom stereocenters. The second-order valence-electron chi connectivity index (χ2n) is 4.87. The zero-order valence-corrected chi connectivity index (χ0v) is 10.6. The van der Waals surface area contributed by atoms with Crippen molar-refractivity contribution in [1.82, 2.24) is 10.6 Å². The van der Waals surface area contributed by atoms with Crippen molar-refractivity contribution in [2.24, 2.45) is 5.92 Å². The van der Waals surface area contributed by atoms with Crippen LogP contribution in [0.5, 0.6) is 0 Å². The lowest BCUT2D eigenvalue weighted by molar-refractivity contribution is 0.0944. The molecule has 0 aromatic heterocycles. The fourth-order valence-electron chi connectivity index (χ4n) is 2.21. The second-order valence-corrected chi connectivity index (χ2v) is 4.87. The maximum absolute atomic E-state index is 13.1. The highest BCUT2D eigenvalue weighted by Gasteiger charge is 2.14. The maximum atomic E-state index is 13.1. The van der Waals surface area contributed by atoms with Gasteiger partial charge in [-0.25, -0.2) is 4.39 Å². The van der Waals surface area contributed by atoms with Crippen LogP contribution in [0.2, 0.25) is 0 Å². The van der Waals surface area contributed by atoms with E-state index in [4.69, 9.17) is 0 Å². The number of piperidine rings is 1. The van der Waals surface area contributed by atoms with E-state index < -0.39 is 0 Å². The Kier molecular flexibility index (Phi) is 4.31. The second kappa shape index (κ2) is 5.96. The van der Waals surface area contributed by atoms with Gasteiger partial charge in [0, 0.05) is 12.1 Å². The maximum Gasteiger partial charge on any atom is 0.251 e. The summed E-state index contributed by atoms with van der Waals surface area (Å²) in [4.78, 5) is 11.9. The number of benzene rings is 1. The molecule has 1 aliphatic rings. The monoisotopic (exact) mass is 250 g/mol. The summed E-state index contributed by atoms with van der Waals surface area (Å²) in [5, 5.41) is 6.22. The molecular weight excluding hydrogens is 231 g/mol. The number of halogens is 1. The SMILES string of the molecule is Cc1cc(C(=O)NCC2CCNCC2)ccc1F. The molecule has 1 fully saturated rings. The molecule has 98 valence electrons. The minimum Gasteiger partial charge on any atom is -0.352 e. The Morgan fingerprint density at radius 3 is 2.83 bits per heavy atom. The largest absolute Gasteiger partial charge is 0.352 e. The predicted octanol–water partition coefficient (Wildman–Crippen LogP) is 1.86. The van der Waals surface area contributed by atoms with Crippen molar-refractivity contribution in [3.8, 4) is 0 Å². The summed E-state index contributed by atoms with van der Waals surface area (Å²) in [7, 11) is 0. The topological polar surface area (TPSA) is 41.1 Å². The molecular formula is C14H19FN2O. The van der Waals surface area contributed by atoms with Gasteiger partial charge in [0.05, 0.1) is 0 Å². The summed E-state index contributed by atoms with van der Waals surface area (Å²) in [6, 6.07) is 4.46. The molecule has 1 aliphatic heterocycles. The Morgan fingerprint density at radius 2 is 2.17 bits per heavy atom. The van der Waals surface area contributed by atoms with E-state index in [0.717, 1.165) is 25.9 Å². The number of carbonyl (C=O) groups is 1. The van der Waals surface area contributed by atoms with Gasteiger partial charge in [-0.1, -0.05) is 0 Å². The molecule has 2 rings (SSSR count). The predicted molar refractivity (Wildman–Crippen MR) is 69.1 cm³/mol. The zero-order valence-electron chi connectivity index (χ0n) is 10.6. The molecule has 1 amide bonds. The molecule has 1 saturated heterocycles. The number of hydrogen-bond donors (Lipinski definition) is 2. The van der Waals surface area contributed by atoms with Gasteiger partial charge in [0.1, 0.15) is 5.82 Å². The molecule has 18 heavy (non-hydrogen) atoms. The third-order valence-electron chi connectivity index (χ3n) is 3.43. The Labute approximate surface area is 107 Å². The van der Waals surface area contributed by atoms with Gasteiger partial charge >= 0.3 is 0 Å². The van der Waals surface area contributed by atoms with E-state index in [1.165, 1.54) is 12.1 Å². The van der Waals surface area contributed by atoms with Crippen LogP contribution in [0.3, 0.4) is 0 Å². The molecule has 0 spiro atoms. The lowest BCUT2D eigenvalue weighted by atomic mass is 9.98. The number of rotatable bonds is 3. The molecule has 1 heterocycles. The van der Waals surface area contributed by atoms with Gasteiger partial charge in [-0.3, -0.25) is 4.79 Å². The lowest BCUT2D eigenvalue weighted by Crippen LogP contribution is -2.36. The fourth-order valence-corrected chi connectivity index (χ4v) is 2.21. The number of aryl methyl sites for hydroxylation is 1. The summed E-state index contributed by atoms with van der Waals surface area (Å²) < 4.78 is 13.1. The van der Waals surface area contributed by atoms with Crippen molar-refractivity contribution in [2.45, 2.75) is 19.8 Å². The lowest BCUT2D eigenvalue weighted by Gasteiger charge is -2.22. The first-order valence-corrected chi connectivity index (χ1v) is 6.42. The van der Waals surface area contributed by atoms with Crippen molar-refractivity contribution >= 4 is 5.91 Å². The van der Waals surface area contributed by atoms with Gasteiger partial charge in [0.2, 0.25) is 0 Å². The van der Waals surface area contributed by atoms with Gasteiger partial charge in [-0.2, -0.15) is 0 Å². The van der Waals surface area contributed by atoms with E-state index in [-0.39, 0.29) is 11.7 Å². The van der Waals surface area contributed by atoms with Gasteiger partial charge in [0.25, 0.3) is 5.91 Å². The average molecular weight is 250 g/mol. The smallest absolute Gasteiger partial charge is 0.251 e. The van der Waals surface area contributed by atoms with Crippen LogP contribution in [0.4, 0.5) is 4.39 Å². The van der Waals surface area contributed by atoms with Gasteiger partial charge < -0.3 is 10.6 Å². The molecule has 1 aromatic rings. The third-order valence-corrected chi connectivity index (χ3v) is 3.43. The number of amides is 1. The molecule has 1 aromatic carbocycles. The quantitative estimate of drug-likeness (QED) is 0.859. The van der Waals surface area contributed by atoms with Crippen LogP contribution >= 0.6 is 0 Å². The van der Waals surface area contributed by atoms with Gasteiger partial charge in [-0.05, 0) is 62.5 Å². The zero-order chi connectivity index (χ0) is 13.0. The van der Waals surface area contributed by atoms with Crippen molar-refractivity contribution < 1.29 is 9.18 Å². The highest BCUT2D eigenvalue weighted by atomic mass is 19.1. The average Bonchev–Trinajstić information content (AvgIpc) is 2.40. The summed E-state index contributed by atoms with van der Waals surface area (Å²) in [6.45, 7) is 4.42. The van der Waals surface area contributed by atoms with E-state index in [9.17, 15) is 9.18 Å². The fraction of sp³-hybridized carbons (Fsp3) is 0.500. The standard InChI is InChI=1S/C14H19FN2O/c1-10-8-12(2-3-13(10)15)14(18)17-9-11-4-6-16-7-5-11/h2-3,8,11,16H,4-7,9H2,1H3,(H,17,18). The Hall–Kier alpha value is -1.42. The van der Waals surface area contributed by atoms with Crippen LogP contribution in [0.25, 0.3) is 0 Å². The first kappa shape index (κ1) is 13.0. The molecule has 3 nitrogen and oxygen atoms in total. The number of hydrogen-bond acceptors (Lipinski definition) is 2. The molecule has 0 aliphatic carbocycles. The molecule has 4 heteroatoms. The minimum absolute atomic E-state index is 0.114. The van der Waals surface area contributed by atoms with Gasteiger partial charge in [0.15, 0.2) is 0 Å². The van der Waals surface area contributed by atoms with Crippen LogP contribution in [-0.4, -0.2) is 25.5 Å². The molecule has 0 atom stereocenters. The molecule has 0 saturated carbocycles. The molecule has 0 bridgehead atoms. The van der Waals surface area contributed by atoms with Crippen molar-refractivity contribution in [3.63, 3.8) is 0 Å². The first-order valence-electron chi connectivity index (χ1n) is 6.42. The Morgan fingerprint density at radius 1 is 1.44 bits per heavy atom. The van der Waals surface area contributed by atoms with Gasteiger partial charge in [-0.15, -0.1) is 0 Å². The first-order chi connectivity index (χ1) is 8.66. The van der Waals surface area contributed by atoms with E-state index in [2.05, 4.69) is 10.6 Å². The summed E-state index contributed by atoms with van der Waals surface area (Å²) in [5.74, 6) is 0.165. The summed E-state index contributed by atoms with van der Waals surface area (Å²) >= 11 is 0. The van der Waals surface area contributed by atoms with Crippen LogP contribution in [0.1, 0.15) is 28.8 Å². The normalized spacial score (nSPS) is 16.6. The van der Waals surface area contributed by atoms with E-state index >= 15 is 0 Å². The van der Waals surface area contributed by atoms with Crippen LogP contribution in [0.15, 0.2) is 18.2 Å². The number of carbonyl (C=O) groups excluding carboxylic acids is 1.